The van der Waals surface area contributed by atoms with Crippen LogP contribution < -0.4 is 20.7 Å². The highest BCUT2D eigenvalue weighted by Gasteiger charge is 2.09. The molecular weight excluding hydrogens is 366 g/mol. The van der Waals surface area contributed by atoms with E-state index < -0.39 is 0 Å². The minimum absolute atomic E-state index is 0.222. The lowest BCUT2D eigenvalue weighted by molar-refractivity contribution is 0.0953. The standard InChI is InChI=1S/C23H23N3O3/c1-29-19-11-7-10-18(16-19)22(27)24-14-15-25-23(28)26-21-13-6-5-12-20(21)17-8-3-2-4-9-17/h2-13,16H,14-15H2,1H3,(H,24,27)(H2,25,26,28). The van der Waals surface area contributed by atoms with Crippen molar-refractivity contribution in [3.8, 4) is 16.9 Å². The van der Waals surface area contributed by atoms with Gasteiger partial charge in [0, 0.05) is 24.2 Å². The van der Waals surface area contributed by atoms with Crippen molar-refractivity contribution < 1.29 is 14.3 Å². The van der Waals surface area contributed by atoms with Gasteiger partial charge in [0.15, 0.2) is 0 Å². The van der Waals surface area contributed by atoms with Gasteiger partial charge in [-0.25, -0.2) is 4.79 Å². The second kappa shape index (κ2) is 9.94. The minimum Gasteiger partial charge on any atom is -0.497 e. The second-order valence-corrected chi connectivity index (χ2v) is 6.28. The number of para-hydroxylation sites is 1. The Balaban J connectivity index is 1.49. The predicted molar refractivity (Wildman–Crippen MR) is 114 cm³/mol. The summed E-state index contributed by atoms with van der Waals surface area (Å²) in [5.74, 6) is 0.396. The molecule has 0 heterocycles. The van der Waals surface area contributed by atoms with Crippen LogP contribution in [0, 0.1) is 0 Å². The number of carbonyl (C=O) groups is 2. The van der Waals surface area contributed by atoms with Gasteiger partial charge in [0.25, 0.3) is 5.91 Å². The molecule has 0 unspecified atom stereocenters. The van der Waals surface area contributed by atoms with Gasteiger partial charge in [0.1, 0.15) is 5.75 Å². The van der Waals surface area contributed by atoms with Gasteiger partial charge in [-0.2, -0.15) is 0 Å². The first-order chi connectivity index (χ1) is 14.2. The van der Waals surface area contributed by atoms with Crippen LogP contribution in [0.15, 0.2) is 78.9 Å². The van der Waals surface area contributed by atoms with Crippen LogP contribution in [0.2, 0.25) is 0 Å². The van der Waals surface area contributed by atoms with Crippen LogP contribution in [0.4, 0.5) is 10.5 Å². The van der Waals surface area contributed by atoms with Gasteiger partial charge < -0.3 is 20.7 Å². The number of urea groups is 1. The zero-order valence-electron chi connectivity index (χ0n) is 16.1. The number of amides is 3. The highest BCUT2D eigenvalue weighted by atomic mass is 16.5. The van der Waals surface area contributed by atoms with Crippen LogP contribution in [-0.4, -0.2) is 32.1 Å². The minimum atomic E-state index is -0.330. The van der Waals surface area contributed by atoms with E-state index in [-0.39, 0.29) is 11.9 Å². The van der Waals surface area contributed by atoms with Crippen molar-refractivity contribution in [1.82, 2.24) is 10.6 Å². The fourth-order valence-electron chi connectivity index (χ4n) is 2.85. The Bertz CT molecular complexity index is 974. The quantitative estimate of drug-likeness (QED) is 0.536. The fraction of sp³-hybridized carbons (Fsp3) is 0.130. The molecule has 0 aliphatic carbocycles. The van der Waals surface area contributed by atoms with E-state index in [1.807, 2.05) is 54.6 Å². The molecule has 148 valence electrons. The Morgan fingerprint density at radius 1 is 0.828 bits per heavy atom. The van der Waals surface area contributed by atoms with E-state index in [0.29, 0.717) is 24.4 Å². The van der Waals surface area contributed by atoms with Crippen LogP contribution in [0.1, 0.15) is 10.4 Å². The molecule has 0 aliphatic rings. The largest absolute Gasteiger partial charge is 0.497 e. The van der Waals surface area contributed by atoms with Crippen molar-refractivity contribution >= 4 is 17.6 Å². The zero-order chi connectivity index (χ0) is 20.5. The molecule has 0 radical (unpaired) electrons. The maximum Gasteiger partial charge on any atom is 0.319 e. The van der Waals surface area contributed by atoms with Crippen LogP contribution in [-0.2, 0) is 0 Å². The SMILES string of the molecule is COc1cccc(C(=O)NCCNC(=O)Nc2ccccc2-c2ccccc2)c1. The number of methoxy groups -OCH3 is 1. The van der Waals surface area contributed by atoms with Crippen LogP contribution in [0.25, 0.3) is 11.1 Å². The Labute approximate surface area is 169 Å². The van der Waals surface area contributed by atoms with Crippen LogP contribution in [0.3, 0.4) is 0 Å². The molecule has 3 rings (SSSR count). The Kier molecular flexibility index (Phi) is 6.84. The first-order valence-corrected chi connectivity index (χ1v) is 9.29. The molecule has 0 spiro atoms. The summed E-state index contributed by atoms with van der Waals surface area (Å²) in [6.07, 6.45) is 0. The van der Waals surface area contributed by atoms with Crippen molar-refractivity contribution in [1.29, 1.82) is 0 Å². The number of carbonyl (C=O) groups excluding carboxylic acids is 2. The lowest BCUT2D eigenvalue weighted by Gasteiger charge is -2.12. The van der Waals surface area contributed by atoms with Crippen molar-refractivity contribution in [2.75, 3.05) is 25.5 Å². The first-order valence-electron chi connectivity index (χ1n) is 9.29. The summed E-state index contributed by atoms with van der Waals surface area (Å²) in [4.78, 5) is 24.4. The average molecular weight is 389 g/mol. The number of hydrogen-bond donors (Lipinski definition) is 3. The number of rotatable bonds is 7. The fourth-order valence-corrected chi connectivity index (χ4v) is 2.85. The average Bonchev–Trinajstić information content (AvgIpc) is 2.77. The zero-order valence-corrected chi connectivity index (χ0v) is 16.1. The molecule has 3 aromatic rings. The predicted octanol–water partition coefficient (Wildman–Crippen LogP) is 3.91. The number of anilines is 1. The van der Waals surface area contributed by atoms with E-state index in [1.54, 1.807) is 31.4 Å². The molecule has 0 fully saturated rings. The van der Waals surface area contributed by atoms with Crippen molar-refractivity contribution in [3.05, 3.63) is 84.4 Å². The smallest absolute Gasteiger partial charge is 0.319 e. The highest BCUT2D eigenvalue weighted by Crippen LogP contribution is 2.27. The normalized spacial score (nSPS) is 10.1. The van der Waals surface area contributed by atoms with Crippen molar-refractivity contribution in [3.63, 3.8) is 0 Å². The van der Waals surface area contributed by atoms with Gasteiger partial charge in [-0.3, -0.25) is 4.79 Å². The summed E-state index contributed by atoms with van der Waals surface area (Å²) in [5.41, 5.74) is 3.19. The Hall–Kier alpha value is -3.80. The molecule has 0 atom stereocenters. The molecular formula is C23H23N3O3. The summed E-state index contributed by atoms with van der Waals surface area (Å²) in [5, 5.41) is 8.38. The number of nitrogens with one attached hydrogen (secondary N) is 3. The highest BCUT2D eigenvalue weighted by molar-refractivity contribution is 5.95. The van der Waals surface area contributed by atoms with Gasteiger partial charge in [-0.05, 0) is 29.8 Å². The van der Waals surface area contributed by atoms with Gasteiger partial charge in [0.05, 0.1) is 12.8 Å². The van der Waals surface area contributed by atoms with Gasteiger partial charge in [-0.15, -0.1) is 0 Å². The third-order valence-electron chi connectivity index (χ3n) is 4.29. The molecule has 0 aliphatic heterocycles. The maximum absolute atomic E-state index is 12.2. The van der Waals surface area contributed by atoms with E-state index in [1.165, 1.54) is 0 Å². The molecule has 3 N–H and O–H groups in total. The van der Waals surface area contributed by atoms with E-state index >= 15 is 0 Å². The number of benzene rings is 3. The third-order valence-corrected chi connectivity index (χ3v) is 4.29. The van der Waals surface area contributed by atoms with E-state index in [4.69, 9.17) is 4.74 Å². The molecule has 0 saturated carbocycles. The molecule has 3 amide bonds. The topological polar surface area (TPSA) is 79.5 Å². The summed E-state index contributed by atoms with van der Waals surface area (Å²) in [7, 11) is 1.55. The van der Waals surface area contributed by atoms with E-state index in [9.17, 15) is 9.59 Å². The lowest BCUT2D eigenvalue weighted by atomic mass is 10.0. The van der Waals surface area contributed by atoms with Crippen LogP contribution >= 0.6 is 0 Å². The van der Waals surface area contributed by atoms with E-state index in [0.717, 1.165) is 16.8 Å². The van der Waals surface area contributed by atoms with Gasteiger partial charge in [0.2, 0.25) is 0 Å². The summed E-state index contributed by atoms with van der Waals surface area (Å²) >= 11 is 0. The van der Waals surface area contributed by atoms with Crippen LogP contribution in [0.5, 0.6) is 5.75 Å². The molecule has 0 saturated heterocycles. The van der Waals surface area contributed by atoms with Gasteiger partial charge >= 0.3 is 6.03 Å². The molecule has 3 aromatic carbocycles. The first kappa shape index (κ1) is 19.9. The van der Waals surface area contributed by atoms with Gasteiger partial charge in [-0.1, -0.05) is 54.6 Å². The monoisotopic (exact) mass is 389 g/mol. The lowest BCUT2D eigenvalue weighted by Crippen LogP contribution is -2.36. The van der Waals surface area contributed by atoms with E-state index in [2.05, 4.69) is 16.0 Å². The van der Waals surface area contributed by atoms with Crippen molar-refractivity contribution in [2.24, 2.45) is 0 Å². The summed E-state index contributed by atoms with van der Waals surface area (Å²) in [6, 6.07) is 24.0. The molecule has 6 heteroatoms. The Morgan fingerprint density at radius 2 is 1.55 bits per heavy atom. The molecule has 29 heavy (non-hydrogen) atoms. The third kappa shape index (κ3) is 5.59. The summed E-state index contributed by atoms with van der Waals surface area (Å²) in [6.45, 7) is 0.610. The van der Waals surface area contributed by atoms with Crippen molar-refractivity contribution in [2.45, 2.75) is 0 Å². The second-order valence-electron chi connectivity index (χ2n) is 6.28. The molecule has 6 nitrogen and oxygen atoms in total. The number of ether oxygens (including phenoxy) is 1. The Morgan fingerprint density at radius 3 is 2.34 bits per heavy atom. The number of hydrogen-bond acceptors (Lipinski definition) is 3. The maximum atomic E-state index is 12.2. The molecule has 0 bridgehead atoms. The summed E-state index contributed by atoms with van der Waals surface area (Å²) < 4.78 is 5.11. The molecule has 0 aromatic heterocycles.